The van der Waals surface area contributed by atoms with Crippen molar-refractivity contribution in [3.63, 3.8) is 0 Å². The lowest BCUT2D eigenvalue weighted by Gasteiger charge is -2.32. The predicted octanol–water partition coefficient (Wildman–Crippen LogP) is 3.09. The summed E-state index contributed by atoms with van der Waals surface area (Å²) in [4.78, 5) is 2.61. The summed E-state index contributed by atoms with van der Waals surface area (Å²) in [5.41, 5.74) is 8.97. The fraction of sp³-hybridized carbons (Fsp3) is 0.600. The van der Waals surface area contributed by atoms with E-state index in [2.05, 4.69) is 36.1 Å². The normalized spacial score (nSPS) is 28.7. The van der Waals surface area contributed by atoms with E-state index in [1.54, 1.807) is 0 Å². The minimum absolute atomic E-state index is 0.185. The number of rotatable bonds is 3. The zero-order valence-electron chi connectivity index (χ0n) is 10.6. The molecule has 2 N–H and O–H groups in total. The second kappa shape index (κ2) is 4.34. The summed E-state index contributed by atoms with van der Waals surface area (Å²) in [6.45, 7) is 3.41. The van der Waals surface area contributed by atoms with Crippen LogP contribution < -0.4 is 10.6 Å². The van der Waals surface area contributed by atoms with Crippen molar-refractivity contribution < 1.29 is 0 Å². The number of hydrogen-bond acceptors (Lipinski definition) is 2. The molecular formula is C15H22N2. The highest BCUT2D eigenvalue weighted by atomic mass is 15.2. The van der Waals surface area contributed by atoms with E-state index in [4.69, 9.17) is 5.73 Å². The van der Waals surface area contributed by atoms with Crippen LogP contribution in [0.4, 0.5) is 5.69 Å². The number of fused-ring (bicyclic) bond motifs is 2. The number of piperidine rings is 1. The van der Waals surface area contributed by atoms with Gasteiger partial charge in [-0.3, -0.25) is 0 Å². The van der Waals surface area contributed by atoms with Crippen molar-refractivity contribution in [2.75, 3.05) is 11.4 Å². The molecule has 1 aromatic carbocycles. The molecule has 2 nitrogen and oxygen atoms in total. The van der Waals surface area contributed by atoms with Gasteiger partial charge in [0.2, 0.25) is 0 Å². The number of nitrogens with zero attached hydrogens (tertiary/aromatic N) is 1. The zero-order chi connectivity index (χ0) is 11.8. The fourth-order valence-electron chi connectivity index (χ4n) is 3.50. The summed E-state index contributed by atoms with van der Waals surface area (Å²) < 4.78 is 0. The van der Waals surface area contributed by atoms with E-state index in [0.717, 1.165) is 18.4 Å². The van der Waals surface area contributed by atoms with E-state index in [1.165, 1.54) is 37.1 Å². The summed E-state index contributed by atoms with van der Waals surface area (Å²) in [6.07, 6.45) is 5.22. The van der Waals surface area contributed by atoms with E-state index >= 15 is 0 Å². The van der Waals surface area contributed by atoms with Crippen LogP contribution in [0.5, 0.6) is 0 Å². The summed E-state index contributed by atoms with van der Waals surface area (Å²) in [5.74, 6) is 0.936. The molecule has 0 amide bonds. The van der Waals surface area contributed by atoms with Gasteiger partial charge in [0, 0.05) is 24.3 Å². The third-order valence-electron chi connectivity index (χ3n) is 4.49. The Morgan fingerprint density at radius 1 is 1.35 bits per heavy atom. The maximum Gasteiger partial charge on any atom is 0.0417 e. The Balaban J connectivity index is 1.92. The number of benzene rings is 1. The molecule has 2 unspecified atom stereocenters. The Bertz CT molecular complexity index is 402. The average molecular weight is 230 g/mol. The van der Waals surface area contributed by atoms with Gasteiger partial charge in [0.25, 0.3) is 0 Å². The lowest BCUT2D eigenvalue weighted by Crippen LogP contribution is -2.33. The molecule has 0 radical (unpaired) electrons. The second-order valence-corrected chi connectivity index (χ2v) is 5.56. The van der Waals surface area contributed by atoms with Crippen LogP contribution in [-0.4, -0.2) is 12.6 Å². The third-order valence-corrected chi connectivity index (χ3v) is 4.49. The Morgan fingerprint density at radius 3 is 2.82 bits per heavy atom. The molecule has 1 aromatic rings. The number of anilines is 1. The molecule has 92 valence electrons. The molecular weight excluding hydrogens is 208 g/mol. The lowest BCUT2D eigenvalue weighted by molar-refractivity contribution is 0.550. The highest BCUT2D eigenvalue weighted by Gasteiger charge is 2.38. The van der Waals surface area contributed by atoms with Crippen LogP contribution in [0.3, 0.4) is 0 Å². The van der Waals surface area contributed by atoms with Gasteiger partial charge in [0.1, 0.15) is 0 Å². The number of nitrogens with two attached hydrogens (primary N) is 1. The molecule has 17 heavy (non-hydrogen) atoms. The standard InChI is InChI=1S/C15H22N2/c1-2-14(16)13-5-3-4-6-15(13)17-10-11-7-8-12(17)9-11/h3-6,11-12,14H,2,7-10,16H2,1H3/t11?,12?,14-/m1/s1. The first-order chi connectivity index (χ1) is 8.29. The molecule has 2 fully saturated rings. The summed E-state index contributed by atoms with van der Waals surface area (Å²) in [6, 6.07) is 9.69. The van der Waals surface area contributed by atoms with E-state index in [0.29, 0.717) is 0 Å². The second-order valence-electron chi connectivity index (χ2n) is 5.56. The van der Waals surface area contributed by atoms with Crippen LogP contribution in [0.15, 0.2) is 24.3 Å². The summed E-state index contributed by atoms with van der Waals surface area (Å²) in [7, 11) is 0. The SMILES string of the molecule is CC[C@@H](N)c1ccccc1N1CC2CCC1C2. The third kappa shape index (κ3) is 1.85. The van der Waals surface area contributed by atoms with Gasteiger partial charge in [-0.2, -0.15) is 0 Å². The van der Waals surface area contributed by atoms with Crippen molar-refractivity contribution in [3.05, 3.63) is 29.8 Å². The zero-order valence-corrected chi connectivity index (χ0v) is 10.6. The molecule has 2 heteroatoms. The van der Waals surface area contributed by atoms with Crippen LogP contribution in [0.25, 0.3) is 0 Å². The van der Waals surface area contributed by atoms with E-state index in [1.807, 2.05) is 0 Å². The van der Waals surface area contributed by atoms with Gasteiger partial charge in [-0.15, -0.1) is 0 Å². The van der Waals surface area contributed by atoms with Gasteiger partial charge in [0.05, 0.1) is 0 Å². The maximum absolute atomic E-state index is 6.23. The highest BCUT2D eigenvalue weighted by molar-refractivity contribution is 5.57. The molecule has 1 aliphatic carbocycles. The number of hydrogen-bond donors (Lipinski definition) is 1. The predicted molar refractivity (Wildman–Crippen MR) is 72.1 cm³/mol. The molecule has 1 saturated heterocycles. The molecule has 2 aliphatic rings. The van der Waals surface area contributed by atoms with Crippen molar-refractivity contribution in [1.82, 2.24) is 0 Å². The van der Waals surface area contributed by atoms with Crippen molar-refractivity contribution in [3.8, 4) is 0 Å². The monoisotopic (exact) mass is 230 g/mol. The van der Waals surface area contributed by atoms with Crippen molar-refractivity contribution in [2.45, 2.75) is 44.7 Å². The minimum Gasteiger partial charge on any atom is -0.368 e. The largest absolute Gasteiger partial charge is 0.368 e. The molecule has 0 spiro atoms. The van der Waals surface area contributed by atoms with Gasteiger partial charge in [-0.05, 0) is 43.2 Å². The van der Waals surface area contributed by atoms with Crippen molar-refractivity contribution in [2.24, 2.45) is 11.7 Å². The smallest absolute Gasteiger partial charge is 0.0417 e. The van der Waals surface area contributed by atoms with Crippen molar-refractivity contribution in [1.29, 1.82) is 0 Å². The Kier molecular flexibility index (Phi) is 2.83. The molecule has 3 rings (SSSR count). The van der Waals surface area contributed by atoms with Crippen LogP contribution in [0, 0.1) is 5.92 Å². The van der Waals surface area contributed by atoms with Gasteiger partial charge >= 0.3 is 0 Å². The van der Waals surface area contributed by atoms with Crippen LogP contribution in [-0.2, 0) is 0 Å². The van der Waals surface area contributed by atoms with Gasteiger partial charge in [-0.25, -0.2) is 0 Å². The summed E-state index contributed by atoms with van der Waals surface area (Å²) >= 11 is 0. The minimum atomic E-state index is 0.185. The fourth-order valence-corrected chi connectivity index (χ4v) is 3.50. The first-order valence-corrected chi connectivity index (χ1v) is 6.90. The first-order valence-electron chi connectivity index (χ1n) is 6.90. The molecule has 1 saturated carbocycles. The van der Waals surface area contributed by atoms with Gasteiger partial charge in [0.15, 0.2) is 0 Å². The summed E-state index contributed by atoms with van der Waals surface area (Å²) in [5, 5.41) is 0. The molecule has 0 aromatic heterocycles. The number of para-hydroxylation sites is 1. The molecule has 2 bridgehead atoms. The van der Waals surface area contributed by atoms with E-state index < -0.39 is 0 Å². The quantitative estimate of drug-likeness (QED) is 0.864. The Morgan fingerprint density at radius 2 is 2.18 bits per heavy atom. The maximum atomic E-state index is 6.23. The molecule has 1 aliphatic heterocycles. The first kappa shape index (κ1) is 11.1. The lowest BCUT2D eigenvalue weighted by atomic mass is 10.0. The highest BCUT2D eigenvalue weighted by Crippen LogP contribution is 2.42. The van der Waals surface area contributed by atoms with Gasteiger partial charge < -0.3 is 10.6 Å². The van der Waals surface area contributed by atoms with E-state index in [9.17, 15) is 0 Å². The van der Waals surface area contributed by atoms with Crippen LogP contribution in [0.1, 0.15) is 44.2 Å². The van der Waals surface area contributed by atoms with Crippen LogP contribution >= 0.6 is 0 Å². The topological polar surface area (TPSA) is 29.3 Å². The Labute approximate surface area is 104 Å². The molecule has 3 atom stereocenters. The van der Waals surface area contributed by atoms with Crippen LogP contribution in [0.2, 0.25) is 0 Å². The van der Waals surface area contributed by atoms with Crippen molar-refractivity contribution >= 4 is 5.69 Å². The average Bonchev–Trinajstić information content (AvgIpc) is 3.00. The van der Waals surface area contributed by atoms with E-state index in [-0.39, 0.29) is 6.04 Å². The van der Waals surface area contributed by atoms with Gasteiger partial charge in [-0.1, -0.05) is 25.1 Å². The molecule has 1 heterocycles. The Hall–Kier alpha value is -1.02.